The van der Waals surface area contributed by atoms with E-state index < -0.39 is 0 Å². The van der Waals surface area contributed by atoms with Crippen molar-refractivity contribution in [2.24, 2.45) is 5.73 Å². The average Bonchev–Trinajstić information content (AvgIpc) is 2.84. The van der Waals surface area contributed by atoms with Gasteiger partial charge in [0.25, 0.3) is 0 Å². The van der Waals surface area contributed by atoms with E-state index in [1.54, 1.807) is 0 Å². The van der Waals surface area contributed by atoms with Crippen LogP contribution in [0.4, 0.5) is 0 Å². The number of thiophene rings is 1. The van der Waals surface area contributed by atoms with E-state index in [4.69, 9.17) is 5.73 Å². The monoisotopic (exact) mass is 217 g/mol. The molecule has 0 aliphatic heterocycles. The van der Waals surface area contributed by atoms with Gasteiger partial charge in [-0.2, -0.15) is 0 Å². The number of rotatable bonds is 1. The zero-order valence-electron chi connectivity index (χ0n) is 8.65. The van der Waals surface area contributed by atoms with Crippen LogP contribution in [0.25, 0.3) is 10.1 Å². The Kier molecular flexibility index (Phi) is 2.26. The molecule has 0 radical (unpaired) electrons. The summed E-state index contributed by atoms with van der Waals surface area (Å²) < 4.78 is 1.47. The van der Waals surface area contributed by atoms with Crippen LogP contribution in [0.15, 0.2) is 29.6 Å². The molecular weight excluding hydrogens is 202 g/mol. The maximum absolute atomic E-state index is 5.99. The van der Waals surface area contributed by atoms with Crippen LogP contribution >= 0.6 is 11.3 Å². The van der Waals surface area contributed by atoms with Crippen molar-refractivity contribution in [3.05, 3.63) is 35.2 Å². The van der Waals surface area contributed by atoms with Crippen LogP contribution in [-0.4, -0.2) is 6.04 Å². The first kappa shape index (κ1) is 9.37. The Morgan fingerprint density at radius 3 is 2.93 bits per heavy atom. The topological polar surface area (TPSA) is 26.0 Å². The van der Waals surface area contributed by atoms with E-state index in [1.165, 1.54) is 28.5 Å². The molecule has 2 N–H and O–H groups in total. The molecule has 78 valence electrons. The van der Waals surface area contributed by atoms with E-state index in [0.717, 1.165) is 6.42 Å². The van der Waals surface area contributed by atoms with Gasteiger partial charge in [-0.3, -0.25) is 0 Å². The van der Waals surface area contributed by atoms with Gasteiger partial charge in [0.15, 0.2) is 0 Å². The van der Waals surface area contributed by atoms with Crippen molar-refractivity contribution in [1.82, 2.24) is 0 Å². The Balaban J connectivity index is 2.06. The number of benzene rings is 1. The summed E-state index contributed by atoms with van der Waals surface area (Å²) in [5.41, 5.74) is 7.51. The van der Waals surface area contributed by atoms with Crippen molar-refractivity contribution in [3.63, 3.8) is 0 Å². The summed E-state index contributed by atoms with van der Waals surface area (Å²) >= 11 is 1.86. The first-order chi connectivity index (χ1) is 7.34. The molecule has 3 rings (SSSR count). The summed E-state index contributed by atoms with van der Waals surface area (Å²) in [6.07, 6.45) is 3.61. The van der Waals surface area contributed by atoms with Gasteiger partial charge in [0.1, 0.15) is 0 Å². The van der Waals surface area contributed by atoms with E-state index in [9.17, 15) is 0 Å². The van der Waals surface area contributed by atoms with Gasteiger partial charge in [-0.05, 0) is 47.6 Å². The fourth-order valence-corrected chi connectivity index (χ4v) is 3.63. The molecule has 1 fully saturated rings. The molecule has 1 aliphatic rings. The highest BCUT2D eigenvalue weighted by atomic mass is 32.1. The lowest BCUT2D eigenvalue weighted by Crippen LogP contribution is -2.14. The molecule has 0 saturated heterocycles. The van der Waals surface area contributed by atoms with Gasteiger partial charge in [-0.25, -0.2) is 0 Å². The molecule has 1 nitrogen and oxygen atoms in total. The zero-order valence-corrected chi connectivity index (χ0v) is 9.46. The van der Waals surface area contributed by atoms with Crippen LogP contribution in [0.3, 0.4) is 0 Å². The maximum Gasteiger partial charge on any atom is 0.0377 e. The van der Waals surface area contributed by atoms with Gasteiger partial charge in [0.2, 0.25) is 0 Å². The minimum Gasteiger partial charge on any atom is -0.328 e. The number of hydrogen-bond acceptors (Lipinski definition) is 2. The maximum atomic E-state index is 5.99. The molecule has 2 aromatic rings. The molecule has 1 aromatic carbocycles. The van der Waals surface area contributed by atoms with Gasteiger partial charge in [-0.15, -0.1) is 11.3 Å². The van der Waals surface area contributed by atoms with E-state index in [2.05, 4.69) is 29.6 Å². The molecule has 1 aliphatic carbocycles. The lowest BCUT2D eigenvalue weighted by molar-refractivity contribution is 0.678. The summed E-state index contributed by atoms with van der Waals surface area (Å²) in [5, 5.41) is 3.57. The van der Waals surface area contributed by atoms with Crippen LogP contribution in [0.5, 0.6) is 0 Å². The SMILES string of the molecule is NC1CCC(c2cccc3ccsc23)C1. The fourth-order valence-electron chi connectivity index (χ4n) is 2.64. The number of nitrogens with two attached hydrogens (primary N) is 1. The van der Waals surface area contributed by atoms with E-state index in [0.29, 0.717) is 12.0 Å². The Morgan fingerprint density at radius 1 is 1.20 bits per heavy atom. The molecule has 0 bridgehead atoms. The predicted molar refractivity (Wildman–Crippen MR) is 66.4 cm³/mol. The summed E-state index contributed by atoms with van der Waals surface area (Å²) in [4.78, 5) is 0. The van der Waals surface area contributed by atoms with Gasteiger partial charge in [0.05, 0.1) is 0 Å². The smallest absolute Gasteiger partial charge is 0.0377 e. The molecule has 1 saturated carbocycles. The van der Waals surface area contributed by atoms with Crippen LogP contribution < -0.4 is 5.73 Å². The van der Waals surface area contributed by atoms with Crippen molar-refractivity contribution in [3.8, 4) is 0 Å². The molecule has 2 unspecified atom stereocenters. The highest BCUT2D eigenvalue weighted by Crippen LogP contribution is 2.38. The standard InChI is InChI=1S/C13H15NS/c14-11-5-4-10(8-11)12-3-1-2-9-6-7-15-13(9)12/h1-3,6-7,10-11H,4-5,8,14H2. The lowest BCUT2D eigenvalue weighted by Gasteiger charge is -2.10. The van der Waals surface area contributed by atoms with Crippen molar-refractivity contribution >= 4 is 21.4 Å². The first-order valence-corrected chi connectivity index (χ1v) is 6.44. The molecule has 0 spiro atoms. The summed E-state index contributed by atoms with van der Waals surface area (Å²) in [5.74, 6) is 0.697. The van der Waals surface area contributed by atoms with E-state index in [1.807, 2.05) is 11.3 Å². The van der Waals surface area contributed by atoms with Crippen LogP contribution in [0.2, 0.25) is 0 Å². The zero-order chi connectivity index (χ0) is 10.3. The number of fused-ring (bicyclic) bond motifs is 1. The van der Waals surface area contributed by atoms with Gasteiger partial charge in [-0.1, -0.05) is 18.2 Å². The van der Waals surface area contributed by atoms with Gasteiger partial charge >= 0.3 is 0 Å². The second-order valence-corrected chi connectivity index (χ2v) is 5.37. The fraction of sp³-hybridized carbons (Fsp3) is 0.385. The summed E-state index contributed by atoms with van der Waals surface area (Å²) in [6, 6.07) is 9.28. The third kappa shape index (κ3) is 1.58. The molecule has 1 heterocycles. The van der Waals surface area contributed by atoms with Crippen LogP contribution in [-0.2, 0) is 0 Å². The third-order valence-corrected chi connectivity index (χ3v) is 4.40. The molecular formula is C13H15NS. The Bertz CT molecular complexity index is 474. The van der Waals surface area contributed by atoms with E-state index in [-0.39, 0.29) is 0 Å². The van der Waals surface area contributed by atoms with Gasteiger partial charge < -0.3 is 5.73 Å². The minimum absolute atomic E-state index is 0.421. The Hall–Kier alpha value is -0.860. The molecule has 15 heavy (non-hydrogen) atoms. The van der Waals surface area contributed by atoms with Gasteiger partial charge in [0, 0.05) is 10.7 Å². The van der Waals surface area contributed by atoms with Crippen molar-refractivity contribution in [2.75, 3.05) is 0 Å². The molecule has 1 aromatic heterocycles. The van der Waals surface area contributed by atoms with Crippen LogP contribution in [0, 0.1) is 0 Å². The van der Waals surface area contributed by atoms with Crippen LogP contribution in [0.1, 0.15) is 30.7 Å². The highest BCUT2D eigenvalue weighted by Gasteiger charge is 2.24. The minimum atomic E-state index is 0.421. The third-order valence-electron chi connectivity index (χ3n) is 3.42. The Labute approximate surface area is 93.9 Å². The molecule has 2 heteroatoms. The summed E-state index contributed by atoms with van der Waals surface area (Å²) in [7, 11) is 0. The Morgan fingerprint density at radius 2 is 2.13 bits per heavy atom. The van der Waals surface area contributed by atoms with Crippen molar-refractivity contribution in [1.29, 1.82) is 0 Å². The summed E-state index contributed by atoms with van der Waals surface area (Å²) in [6.45, 7) is 0. The largest absolute Gasteiger partial charge is 0.328 e. The highest BCUT2D eigenvalue weighted by molar-refractivity contribution is 7.17. The predicted octanol–water partition coefficient (Wildman–Crippen LogP) is 3.50. The quantitative estimate of drug-likeness (QED) is 0.777. The van der Waals surface area contributed by atoms with Crippen molar-refractivity contribution in [2.45, 2.75) is 31.2 Å². The normalized spacial score (nSPS) is 26.2. The second-order valence-electron chi connectivity index (χ2n) is 4.46. The molecule has 2 atom stereocenters. The lowest BCUT2D eigenvalue weighted by atomic mass is 9.96. The second kappa shape index (κ2) is 3.62. The van der Waals surface area contributed by atoms with E-state index >= 15 is 0 Å². The van der Waals surface area contributed by atoms with Crippen molar-refractivity contribution < 1.29 is 0 Å². The molecule has 0 amide bonds. The average molecular weight is 217 g/mol. The first-order valence-electron chi connectivity index (χ1n) is 5.56. The number of hydrogen-bond donors (Lipinski definition) is 1.